The molecule has 1 aliphatic rings. The van der Waals surface area contributed by atoms with Gasteiger partial charge in [0.1, 0.15) is 6.61 Å². The summed E-state index contributed by atoms with van der Waals surface area (Å²) in [5.41, 5.74) is 5.28. The quantitative estimate of drug-likeness (QED) is 0.275. The number of hydrogen-bond donors (Lipinski definition) is 4. The topological polar surface area (TPSA) is 160 Å². The second-order valence-corrected chi connectivity index (χ2v) is 5.49. The zero-order valence-electron chi connectivity index (χ0n) is 14.8. The van der Waals surface area contributed by atoms with Gasteiger partial charge in [-0.3, -0.25) is 9.59 Å². The molecule has 2 aromatic rings. The molecule has 9 heteroatoms. The number of esters is 1. The Morgan fingerprint density at radius 1 is 1.07 bits per heavy atom. The van der Waals surface area contributed by atoms with Crippen LogP contribution in [-0.4, -0.2) is 59.2 Å². The van der Waals surface area contributed by atoms with E-state index in [2.05, 4.69) is 4.74 Å². The molecule has 28 heavy (non-hydrogen) atoms. The Morgan fingerprint density at radius 2 is 1.68 bits per heavy atom. The molecular weight excluding hydrogens is 370 g/mol. The van der Waals surface area contributed by atoms with Crippen LogP contribution in [0.1, 0.15) is 37.8 Å². The van der Waals surface area contributed by atoms with Gasteiger partial charge in [0.25, 0.3) is 0 Å². The highest BCUT2D eigenvalue weighted by Gasteiger charge is 2.33. The number of hydrogen-bond acceptors (Lipinski definition) is 9. The maximum absolute atomic E-state index is 12.4. The average Bonchev–Trinajstić information content (AvgIpc) is 3.17. The fourth-order valence-electron chi connectivity index (χ4n) is 2.37. The van der Waals surface area contributed by atoms with Crippen LogP contribution in [0.2, 0.25) is 0 Å². The van der Waals surface area contributed by atoms with Crippen molar-refractivity contribution in [2.45, 2.75) is 0 Å². The normalized spacial score (nSPS) is 12.6. The predicted octanol–water partition coefficient (Wildman–Crippen LogP) is 0.427. The molecule has 0 aliphatic heterocycles. The van der Waals surface area contributed by atoms with Crippen molar-refractivity contribution in [3.05, 3.63) is 64.6 Å². The van der Waals surface area contributed by atoms with E-state index >= 15 is 0 Å². The van der Waals surface area contributed by atoms with Gasteiger partial charge in [-0.25, -0.2) is 4.79 Å². The van der Waals surface area contributed by atoms with Crippen molar-refractivity contribution in [3.63, 3.8) is 0 Å². The lowest BCUT2D eigenvalue weighted by molar-refractivity contribution is -0.138. The van der Waals surface area contributed by atoms with Crippen molar-refractivity contribution >= 4 is 23.3 Å². The summed E-state index contributed by atoms with van der Waals surface area (Å²) in [6, 6.07) is 7.53. The van der Waals surface area contributed by atoms with Gasteiger partial charge in [0, 0.05) is 17.7 Å². The molecule has 1 aliphatic carbocycles. The minimum absolute atomic E-state index is 0.0253. The van der Waals surface area contributed by atoms with Crippen LogP contribution in [0.3, 0.4) is 0 Å². The third-order valence-electron chi connectivity index (χ3n) is 3.57. The Balaban J connectivity index is 0.000000640. The Morgan fingerprint density at radius 3 is 2.25 bits per heavy atom. The summed E-state index contributed by atoms with van der Waals surface area (Å²) in [5.74, 6) is -2.73. The van der Waals surface area contributed by atoms with Gasteiger partial charge in [0.05, 0.1) is 24.9 Å². The lowest BCUT2D eigenvalue weighted by Crippen LogP contribution is -2.18. The second-order valence-electron chi connectivity index (χ2n) is 5.49. The largest absolute Gasteiger partial charge is 0.504 e. The highest BCUT2D eigenvalue weighted by Crippen LogP contribution is 2.31. The van der Waals surface area contributed by atoms with E-state index in [4.69, 9.17) is 20.4 Å². The lowest BCUT2D eigenvalue weighted by atomic mass is 9.88. The highest BCUT2D eigenvalue weighted by atomic mass is 16.5. The van der Waals surface area contributed by atoms with Crippen LogP contribution in [0.15, 0.2) is 40.8 Å². The van der Waals surface area contributed by atoms with Crippen molar-refractivity contribution in [1.29, 1.82) is 0 Å². The van der Waals surface area contributed by atoms with E-state index in [0.29, 0.717) is 6.54 Å². The number of aliphatic hydroxyl groups excluding tert-OH is 3. The zero-order valence-corrected chi connectivity index (χ0v) is 14.8. The van der Waals surface area contributed by atoms with Crippen LogP contribution in [0.5, 0.6) is 0 Å². The zero-order chi connectivity index (χ0) is 20.7. The van der Waals surface area contributed by atoms with Gasteiger partial charge < -0.3 is 30.2 Å². The Kier molecular flexibility index (Phi) is 7.21. The van der Waals surface area contributed by atoms with Crippen LogP contribution in [-0.2, 0) is 9.53 Å². The molecule has 0 atom stereocenters. The summed E-state index contributed by atoms with van der Waals surface area (Å²) < 4.78 is 9.84. The molecule has 0 saturated carbocycles. The molecule has 0 bridgehead atoms. The molecule has 0 amide bonds. The molecule has 1 aromatic carbocycles. The van der Waals surface area contributed by atoms with Gasteiger partial charge in [0.15, 0.2) is 23.1 Å². The second kappa shape index (κ2) is 9.60. The van der Waals surface area contributed by atoms with Crippen molar-refractivity contribution < 1.29 is 38.9 Å². The number of ketones is 2. The van der Waals surface area contributed by atoms with Crippen LogP contribution in [0, 0.1) is 0 Å². The van der Waals surface area contributed by atoms with Gasteiger partial charge in [-0.2, -0.15) is 0 Å². The fourth-order valence-corrected chi connectivity index (χ4v) is 2.37. The molecule has 0 unspecified atom stereocenters. The number of furan rings is 1. The number of benzene rings is 1. The third kappa shape index (κ3) is 4.52. The Hall–Kier alpha value is -3.27. The summed E-state index contributed by atoms with van der Waals surface area (Å²) in [5, 5.41) is 26.2. The SMILES string of the molecule is NCCO.O=C(C=C(O)c1cc2c(o1)C(=O)c1ccccc1C2=O)OCCO. The Bertz CT molecular complexity index is 858. The van der Waals surface area contributed by atoms with Crippen LogP contribution in [0.25, 0.3) is 5.76 Å². The highest BCUT2D eigenvalue weighted by molar-refractivity contribution is 6.27. The van der Waals surface area contributed by atoms with Crippen molar-refractivity contribution in [1.82, 2.24) is 0 Å². The van der Waals surface area contributed by atoms with Gasteiger partial charge in [0.2, 0.25) is 5.78 Å². The first-order valence-electron chi connectivity index (χ1n) is 8.26. The predicted molar refractivity (Wildman–Crippen MR) is 96.8 cm³/mol. The van der Waals surface area contributed by atoms with Gasteiger partial charge in [-0.1, -0.05) is 24.3 Å². The first kappa shape index (κ1) is 21.0. The molecule has 5 N–H and O–H groups in total. The van der Waals surface area contributed by atoms with E-state index in [-0.39, 0.29) is 48.0 Å². The first-order chi connectivity index (χ1) is 13.4. The molecule has 1 aromatic heterocycles. The summed E-state index contributed by atoms with van der Waals surface area (Å²) >= 11 is 0. The van der Waals surface area contributed by atoms with Gasteiger partial charge in [-0.05, 0) is 6.07 Å². The summed E-state index contributed by atoms with van der Waals surface area (Å²) in [6.45, 7) is -0.0970. The van der Waals surface area contributed by atoms with E-state index in [1.165, 1.54) is 18.2 Å². The number of aliphatic hydroxyl groups is 3. The van der Waals surface area contributed by atoms with Crippen molar-refractivity contribution in [2.75, 3.05) is 26.4 Å². The summed E-state index contributed by atoms with van der Waals surface area (Å²) in [6.07, 6.45) is 0.738. The smallest absolute Gasteiger partial charge is 0.334 e. The number of carbonyl (C=O) groups excluding carboxylic acids is 3. The monoisotopic (exact) mass is 389 g/mol. The maximum atomic E-state index is 12.4. The standard InChI is InChI=1S/C17H12O7.C2H7NO/c18-5-6-23-14(20)8-12(19)13-7-11-15(21)9-3-1-2-4-10(9)16(22)17(11)24-13;3-1-2-4/h1-4,7-8,18-19H,5-6H2;4H,1-3H2. The number of nitrogens with two attached hydrogens (primary N) is 1. The van der Waals surface area contributed by atoms with E-state index in [1.54, 1.807) is 12.1 Å². The molecular formula is C19H19NO8. The molecule has 0 saturated heterocycles. The van der Waals surface area contributed by atoms with Crippen LogP contribution in [0.4, 0.5) is 0 Å². The first-order valence-corrected chi connectivity index (χ1v) is 8.26. The summed E-state index contributed by atoms with van der Waals surface area (Å²) in [7, 11) is 0. The Labute approximate surface area is 159 Å². The van der Waals surface area contributed by atoms with Crippen molar-refractivity contribution in [3.8, 4) is 0 Å². The van der Waals surface area contributed by atoms with Gasteiger partial charge >= 0.3 is 5.97 Å². The maximum Gasteiger partial charge on any atom is 0.334 e. The number of ether oxygens (including phenoxy) is 1. The molecule has 3 rings (SSSR count). The third-order valence-corrected chi connectivity index (χ3v) is 3.57. The van der Waals surface area contributed by atoms with Gasteiger partial charge in [-0.15, -0.1) is 0 Å². The molecule has 0 radical (unpaired) electrons. The van der Waals surface area contributed by atoms with E-state index in [9.17, 15) is 19.5 Å². The molecule has 1 heterocycles. The van der Waals surface area contributed by atoms with E-state index in [0.717, 1.165) is 6.08 Å². The minimum atomic E-state index is -0.892. The minimum Gasteiger partial charge on any atom is -0.504 e. The lowest BCUT2D eigenvalue weighted by Gasteiger charge is -2.11. The molecule has 148 valence electrons. The van der Waals surface area contributed by atoms with Crippen LogP contribution >= 0.6 is 0 Å². The van der Waals surface area contributed by atoms with Crippen LogP contribution < -0.4 is 5.73 Å². The number of carbonyl (C=O) groups is 3. The molecule has 0 fully saturated rings. The number of rotatable bonds is 5. The van der Waals surface area contributed by atoms with Crippen molar-refractivity contribution in [2.24, 2.45) is 5.73 Å². The molecule has 9 nitrogen and oxygen atoms in total. The van der Waals surface area contributed by atoms with E-state index < -0.39 is 23.3 Å². The molecule has 0 spiro atoms. The number of fused-ring (bicyclic) bond motifs is 2. The van der Waals surface area contributed by atoms with E-state index in [1.807, 2.05) is 0 Å². The summed E-state index contributed by atoms with van der Waals surface area (Å²) in [4.78, 5) is 36.2. The fraction of sp³-hybridized carbons (Fsp3) is 0.211. The average molecular weight is 389 g/mol.